The second-order valence-electron chi connectivity index (χ2n) is 6.08. The number of nitrogens with zero attached hydrogens (tertiary/aromatic N) is 1. The monoisotopic (exact) mass is 296 g/mol. The molecule has 20 heavy (non-hydrogen) atoms. The van der Waals surface area contributed by atoms with Gasteiger partial charge in [-0.25, -0.2) is 0 Å². The number of hydrogen-bond donors (Lipinski definition) is 2. The summed E-state index contributed by atoms with van der Waals surface area (Å²) >= 11 is 5.86. The van der Waals surface area contributed by atoms with Crippen molar-refractivity contribution in [3.63, 3.8) is 0 Å². The SMILES string of the molecule is CC(C)(C)NC[C@@H](O)C1=NO[C@H](c2ccc(Cl)cc2)C1. The third kappa shape index (κ3) is 4.20. The van der Waals surface area contributed by atoms with Gasteiger partial charge in [0.05, 0.1) is 5.71 Å². The Hall–Kier alpha value is -1.10. The molecule has 0 radical (unpaired) electrons. The maximum absolute atomic E-state index is 10.1. The van der Waals surface area contributed by atoms with E-state index < -0.39 is 6.10 Å². The third-order valence-electron chi connectivity index (χ3n) is 3.14. The molecule has 0 spiro atoms. The summed E-state index contributed by atoms with van der Waals surface area (Å²) in [7, 11) is 0. The minimum absolute atomic E-state index is 0.0312. The van der Waals surface area contributed by atoms with E-state index in [1.54, 1.807) is 0 Å². The van der Waals surface area contributed by atoms with E-state index in [4.69, 9.17) is 16.4 Å². The van der Waals surface area contributed by atoms with E-state index in [1.165, 1.54) is 0 Å². The lowest BCUT2D eigenvalue weighted by Gasteiger charge is -2.22. The molecule has 0 aliphatic carbocycles. The number of oxime groups is 1. The van der Waals surface area contributed by atoms with Gasteiger partial charge in [-0.2, -0.15) is 0 Å². The number of aliphatic hydroxyl groups is 1. The first-order valence-electron chi connectivity index (χ1n) is 6.76. The minimum atomic E-state index is -0.619. The van der Waals surface area contributed by atoms with Crippen molar-refractivity contribution in [3.8, 4) is 0 Å². The normalized spacial score (nSPS) is 20.4. The number of nitrogens with one attached hydrogen (secondary N) is 1. The van der Waals surface area contributed by atoms with Crippen molar-refractivity contribution in [1.29, 1.82) is 0 Å². The van der Waals surface area contributed by atoms with Crippen LogP contribution in [0, 0.1) is 0 Å². The fourth-order valence-corrected chi connectivity index (χ4v) is 2.10. The van der Waals surface area contributed by atoms with Crippen molar-refractivity contribution < 1.29 is 9.94 Å². The van der Waals surface area contributed by atoms with Crippen molar-refractivity contribution in [2.24, 2.45) is 5.16 Å². The van der Waals surface area contributed by atoms with Crippen LogP contribution < -0.4 is 5.32 Å². The second-order valence-corrected chi connectivity index (χ2v) is 6.52. The molecule has 1 aliphatic heterocycles. The van der Waals surface area contributed by atoms with E-state index in [0.717, 1.165) is 5.56 Å². The summed E-state index contributed by atoms with van der Waals surface area (Å²) in [5, 5.41) is 18.1. The number of β-amino-alcohol motifs (C(OH)–C–C–N with tert-alkyl or cyclic N) is 1. The average molecular weight is 297 g/mol. The molecule has 2 rings (SSSR count). The summed E-state index contributed by atoms with van der Waals surface area (Å²) in [4.78, 5) is 5.40. The molecule has 5 heteroatoms. The molecular formula is C15H21ClN2O2. The van der Waals surface area contributed by atoms with Gasteiger partial charge in [0.25, 0.3) is 0 Å². The lowest BCUT2D eigenvalue weighted by Crippen LogP contribution is -2.43. The van der Waals surface area contributed by atoms with Crippen LogP contribution in [0.4, 0.5) is 0 Å². The zero-order valence-corrected chi connectivity index (χ0v) is 12.8. The van der Waals surface area contributed by atoms with Crippen LogP contribution >= 0.6 is 11.6 Å². The summed E-state index contributed by atoms with van der Waals surface area (Å²) < 4.78 is 0. The van der Waals surface area contributed by atoms with Gasteiger partial charge < -0.3 is 15.3 Å². The van der Waals surface area contributed by atoms with Crippen LogP contribution in [0.25, 0.3) is 0 Å². The highest BCUT2D eigenvalue weighted by atomic mass is 35.5. The van der Waals surface area contributed by atoms with E-state index >= 15 is 0 Å². The van der Waals surface area contributed by atoms with Gasteiger partial charge in [-0.3, -0.25) is 0 Å². The maximum atomic E-state index is 10.1. The van der Waals surface area contributed by atoms with E-state index in [2.05, 4.69) is 31.2 Å². The summed E-state index contributed by atoms with van der Waals surface area (Å²) in [6.45, 7) is 6.65. The highest BCUT2D eigenvalue weighted by Gasteiger charge is 2.27. The van der Waals surface area contributed by atoms with E-state index in [0.29, 0.717) is 23.7 Å². The zero-order valence-electron chi connectivity index (χ0n) is 12.1. The average Bonchev–Trinajstić information content (AvgIpc) is 2.85. The maximum Gasteiger partial charge on any atom is 0.158 e. The Kier molecular flexibility index (Phi) is 4.68. The zero-order chi connectivity index (χ0) is 14.8. The summed E-state index contributed by atoms with van der Waals surface area (Å²) in [5.41, 5.74) is 1.67. The van der Waals surface area contributed by atoms with Crippen molar-refractivity contribution in [1.82, 2.24) is 5.32 Å². The van der Waals surface area contributed by atoms with Gasteiger partial charge in [0, 0.05) is 23.5 Å². The van der Waals surface area contributed by atoms with Crippen LogP contribution in [0.3, 0.4) is 0 Å². The van der Waals surface area contributed by atoms with Crippen LogP contribution in [0.15, 0.2) is 29.4 Å². The Morgan fingerprint density at radius 2 is 2.05 bits per heavy atom. The molecule has 2 N–H and O–H groups in total. The lowest BCUT2D eigenvalue weighted by atomic mass is 10.0. The first-order chi connectivity index (χ1) is 9.35. The number of rotatable bonds is 4. The number of aliphatic hydroxyl groups excluding tert-OH is 1. The Morgan fingerprint density at radius 3 is 2.65 bits per heavy atom. The Bertz CT molecular complexity index is 480. The summed E-state index contributed by atoms with van der Waals surface area (Å²) in [6, 6.07) is 7.50. The Morgan fingerprint density at radius 1 is 1.40 bits per heavy atom. The molecule has 4 nitrogen and oxygen atoms in total. The van der Waals surface area contributed by atoms with Gasteiger partial charge in [0.2, 0.25) is 0 Å². The minimum Gasteiger partial charge on any atom is -0.387 e. The quantitative estimate of drug-likeness (QED) is 0.898. The molecule has 0 unspecified atom stereocenters. The Labute approximate surface area is 124 Å². The standard InChI is InChI=1S/C15H21ClN2O2/c1-15(2,3)17-9-13(19)12-8-14(20-18-12)10-4-6-11(16)7-5-10/h4-7,13-14,17,19H,8-9H2,1-3H3/t13-,14+/m1/s1. The molecule has 1 aliphatic rings. The van der Waals surface area contributed by atoms with Gasteiger partial charge in [-0.1, -0.05) is 28.9 Å². The molecule has 0 bridgehead atoms. The van der Waals surface area contributed by atoms with Crippen LogP contribution in [0.2, 0.25) is 5.02 Å². The van der Waals surface area contributed by atoms with E-state index in [1.807, 2.05) is 24.3 Å². The van der Waals surface area contributed by atoms with Gasteiger partial charge >= 0.3 is 0 Å². The summed E-state index contributed by atoms with van der Waals surface area (Å²) in [6.07, 6.45) is -0.146. The van der Waals surface area contributed by atoms with E-state index in [9.17, 15) is 5.11 Å². The fourth-order valence-electron chi connectivity index (χ4n) is 1.97. The largest absolute Gasteiger partial charge is 0.387 e. The molecule has 1 aromatic carbocycles. The molecule has 0 saturated heterocycles. The summed E-state index contributed by atoms with van der Waals surface area (Å²) in [5.74, 6) is 0. The topological polar surface area (TPSA) is 53.8 Å². The fraction of sp³-hybridized carbons (Fsp3) is 0.533. The van der Waals surface area contributed by atoms with Crippen molar-refractivity contribution >= 4 is 17.3 Å². The molecule has 0 amide bonds. The van der Waals surface area contributed by atoms with Crippen LogP contribution in [0.5, 0.6) is 0 Å². The molecule has 1 heterocycles. The van der Waals surface area contributed by atoms with Crippen LogP contribution in [0.1, 0.15) is 38.9 Å². The second kappa shape index (κ2) is 6.12. The molecule has 0 aromatic heterocycles. The molecule has 110 valence electrons. The van der Waals surface area contributed by atoms with Gasteiger partial charge in [0.15, 0.2) is 6.10 Å². The number of halogens is 1. The molecular weight excluding hydrogens is 276 g/mol. The molecule has 1 aromatic rings. The highest BCUT2D eigenvalue weighted by Crippen LogP contribution is 2.28. The van der Waals surface area contributed by atoms with Gasteiger partial charge in [-0.15, -0.1) is 0 Å². The third-order valence-corrected chi connectivity index (χ3v) is 3.40. The first-order valence-corrected chi connectivity index (χ1v) is 7.14. The first kappa shape index (κ1) is 15.3. The highest BCUT2D eigenvalue weighted by molar-refractivity contribution is 6.30. The van der Waals surface area contributed by atoms with Gasteiger partial charge in [-0.05, 0) is 38.5 Å². The number of benzene rings is 1. The molecule has 0 fully saturated rings. The van der Waals surface area contributed by atoms with Crippen LogP contribution in [-0.2, 0) is 4.84 Å². The Balaban J connectivity index is 1.89. The predicted octanol–water partition coefficient (Wildman–Crippen LogP) is 2.91. The van der Waals surface area contributed by atoms with Crippen molar-refractivity contribution in [2.75, 3.05) is 6.54 Å². The number of hydrogen-bond acceptors (Lipinski definition) is 4. The lowest BCUT2D eigenvalue weighted by molar-refractivity contribution is 0.0855. The van der Waals surface area contributed by atoms with E-state index in [-0.39, 0.29) is 11.6 Å². The van der Waals surface area contributed by atoms with Crippen molar-refractivity contribution in [2.45, 2.75) is 44.9 Å². The van der Waals surface area contributed by atoms with Crippen molar-refractivity contribution in [3.05, 3.63) is 34.9 Å². The molecule has 2 atom stereocenters. The molecule has 0 saturated carbocycles. The predicted molar refractivity (Wildman–Crippen MR) is 81.1 cm³/mol. The smallest absolute Gasteiger partial charge is 0.158 e. The van der Waals surface area contributed by atoms with Gasteiger partial charge in [0.1, 0.15) is 6.10 Å². The van der Waals surface area contributed by atoms with Crippen LogP contribution in [-0.4, -0.2) is 29.0 Å².